The van der Waals surface area contributed by atoms with Crippen LogP contribution in [-0.2, 0) is 0 Å². The van der Waals surface area contributed by atoms with Crippen molar-refractivity contribution in [3.05, 3.63) is 65.2 Å². The summed E-state index contributed by atoms with van der Waals surface area (Å²) in [7, 11) is 0. The molecule has 17 heavy (non-hydrogen) atoms. The molecular weight excluding hydrogens is 252 g/mol. The van der Waals surface area contributed by atoms with Crippen LogP contribution in [0.2, 0.25) is 5.02 Å². The number of Topliss-reactive ketones (excluding diaryl/α,β-unsaturated/α-hetero) is 1. The summed E-state index contributed by atoms with van der Waals surface area (Å²) in [4.78, 5) is 11.8. The van der Waals surface area contributed by atoms with Crippen LogP contribution in [0.4, 0.5) is 0 Å². The fourth-order valence-electron chi connectivity index (χ4n) is 1.14. The third kappa shape index (κ3) is 5.57. The summed E-state index contributed by atoms with van der Waals surface area (Å²) in [6.07, 6.45) is 0. The number of thiol groups is 1. The first-order valence-electron chi connectivity index (χ1n) is 5.10. The Balaban J connectivity index is 0.000000181. The summed E-state index contributed by atoms with van der Waals surface area (Å²) in [6.45, 7) is 1.52. The van der Waals surface area contributed by atoms with Gasteiger partial charge in [-0.15, -0.1) is 12.6 Å². The van der Waals surface area contributed by atoms with E-state index in [0.29, 0.717) is 10.6 Å². The van der Waals surface area contributed by atoms with Crippen LogP contribution in [0.5, 0.6) is 0 Å². The van der Waals surface area contributed by atoms with E-state index < -0.39 is 0 Å². The SMILES string of the molecule is CC(=O)c1cccc(Cl)c1.Sc1ccccc1. The molecule has 0 spiro atoms. The summed E-state index contributed by atoms with van der Waals surface area (Å²) < 4.78 is 0. The van der Waals surface area contributed by atoms with Crippen LogP contribution in [0.15, 0.2) is 59.5 Å². The van der Waals surface area contributed by atoms with Gasteiger partial charge in [0.15, 0.2) is 5.78 Å². The van der Waals surface area contributed by atoms with E-state index in [1.165, 1.54) is 6.92 Å². The summed E-state index contributed by atoms with van der Waals surface area (Å²) in [5.74, 6) is 0.0440. The molecule has 0 heterocycles. The highest BCUT2D eigenvalue weighted by molar-refractivity contribution is 7.80. The smallest absolute Gasteiger partial charge is 0.159 e. The molecule has 0 N–H and O–H groups in total. The van der Waals surface area contributed by atoms with Crippen molar-refractivity contribution in [1.82, 2.24) is 0 Å². The van der Waals surface area contributed by atoms with Crippen LogP contribution < -0.4 is 0 Å². The predicted molar refractivity (Wildman–Crippen MR) is 75.2 cm³/mol. The van der Waals surface area contributed by atoms with Crippen LogP contribution >= 0.6 is 24.2 Å². The molecule has 2 rings (SSSR count). The average molecular weight is 265 g/mol. The molecule has 0 fully saturated rings. The number of carbonyl (C=O) groups excluding carboxylic acids is 1. The first-order valence-corrected chi connectivity index (χ1v) is 5.92. The number of benzene rings is 2. The number of ketones is 1. The fourth-order valence-corrected chi connectivity index (χ4v) is 1.50. The fraction of sp³-hybridized carbons (Fsp3) is 0.0714. The van der Waals surface area contributed by atoms with Gasteiger partial charge in [-0.2, -0.15) is 0 Å². The van der Waals surface area contributed by atoms with Crippen LogP contribution in [0.1, 0.15) is 17.3 Å². The van der Waals surface area contributed by atoms with E-state index in [0.717, 1.165) is 4.90 Å². The molecule has 0 aromatic heterocycles. The normalized spacial score (nSPS) is 9.12. The monoisotopic (exact) mass is 264 g/mol. The Kier molecular flexibility index (Phi) is 5.81. The maximum absolute atomic E-state index is 10.7. The minimum absolute atomic E-state index is 0.0440. The average Bonchev–Trinajstić information content (AvgIpc) is 2.31. The molecule has 0 amide bonds. The second kappa shape index (κ2) is 7.15. The lowest BCUT2D eigenvalue weighted by molar-refractivity contribution is 0.101. The molecule has 0 aliphatic rings. The molecule has 3 heteroatoms. The maximum Gasteiger partial charge on any atom is 0.159 e. The van der Waals surface area contributed by atoms with E-state index >= 15 is 0 Å². The molecule has 0 saturated heterocycles. The molecule has 2 aromatic rings. The van der Waals surface area contributed by atoms with Gasteiger partial charge in [0.25, 0.3) is 0 Å². The van der Waals surface area contributed by atoms with Gasteiger partial charge in [-0.1, -0.05) is 41.9 Å². The Bertz CT molecular complexity index is 483. The van der Waals surface area contributed by atoms with Crippen molar-refractivity contribution in [1.29, 1.82) is 0 Å². The van der Waals surface area contributed by atoms with E-state index in [2.05, 4.69) is 12.6 Å². The number of carbonyl (C=O) groups is 1. The minimum atomic E-state index is 0.0440. The van der Waals surface area contributed by atoms with E-state index in [9.17, 15) is 4.79 Å². The van der Waals surface area contributed by atoms with Crippen molar-refractivity contribution < 1.29 is 4.79 Å². The minimum Gasteiger partial charge on any atom is -0.295 e. The molecule has 0 saturated carbocycles. The standard InChI is InChI=1S/C8H7ClO.C6H6S/c1-6(10)7-3-2-4-8(9)5-7;7-6-4-2-1-3-5-6/h2-5H,1H3;1-5,7H. The molecule has 1 nitrogen and oxygen atoms in total. The van der Waals surface area contributed by atoms with E-state index in [1.54, 1.807) is 24.3 Å². The van der Waals surface area contributed by atoms with Crippen LogP contribution in [0.25, 0.3) is 0 Å². The lowest BCUT2D eigenvalue weighted by Crippen LogP contribution is -1.89. The number of halogens is 1. The molecule has 88 valence electrons. The van der Waals surface area contributed by atoms with Gasteiger partial charge >= 0.3 is 0 Å². The van der Waals surface area contributed by atoms with Gasteiger partial charge in [0.2, 0.25) is 0 Å². The quantitative estimate of drug-likeness (QED) is 0.592. The van der Waals surface area contributed by atoms with Crippen LogP contribution in [0, 0.1) is 0 Å². The molecular formula is C14H13ClOS. The highest BCUT2D eigenvalue weighted by atomic mass is 35.5. The van der Waals surface area contributed by atoms with E-state index in [1.807, 2.05) is 30.3 Å². The zero-order chi connectivity index (χ0) is 12.7. The van der Waals surface area contributed by atoms with Gasteiger partial charge in [-0.3, -0.25) is 4.79 Å². The van der Waals surface area contributed by atoms with Gasteiger partial charge in [0.1, 0.15) is 0 Å². The second-order valence-electron chi connectivity index (χ2n) is 3.40. The van der Waals surface area contributed by atoms with Crippen molar-refractivity contribution in [2.45, 2.75) is 11.8 Å². The molecule has 0 atom stereocenters. The van der Waals surface area contributed by atoms with Gasteiger partial charge < -0.3 is 0 Å². The van der Waals surface area contributed by atoms with Gasteiger partial charge in [0.05, 0.1) is 0 Å². The first-order chi connectivity index (χ1) is 8.09. The highest BCUT2D eigenvalue weighted by Gasteiger charge is 1.96. The Hall–Kier alpha value is -1.25. The Morgan fingerprint density at radius 3 is 2.06 bits per heavy atom. The largest absolute Gasteiger partial charge is 0.295 e. The summed E-state index contributed by atoms with van der Waals surface area (Å²) in [5.41, 5.74) is 0.660. The zero-order valence-corrected chi connectivity index (χ0v) is 11.1. The summed E-state index contributed by atoms with van der Waals surface area (Å²) in [5, 5.41) is 0.604. The van der Waals surface area contributed by atoms with Crippen LogP contribution in [0.3, 0.4) is 0 Å². The van der Waals surface area contributed by atoms with Crippen molar-refractivity contribution in [2.75, 3.05) is 0 Å². The molecule has 0 unspecified atom stereocenters. The third-order valence-corrected chi connectivity index (χ3v) is 2.52. The Morgan fingerprint density at radius 1 is 1.06 bits per heavy atom. The molecule has 0 aliphatic carbocycles. The zero-order valence-electron chi connectivity index (χ0n) is 9.43. The maximum atomic E-state index is 10.7. The molecule has 0 aliphatic heterocycles. The number of hydrogen-bond acceptors (Lipinski definition) is 2. The molecule has 0 radical (unpaired) electrons. The van der Waals surface area contributed by atoms with Crippen molar-refractivity contribution in [2.24, 2.45) is 0 Å². The lowest BCUT2D eigenvalue weighted by Gasteiger charge is -1.93. The van der Waals surface area contributed by atoms with E-state index in [4.69, 9.17) is 11.6 Å². The van der Waals surface area contributed by atoms with E-state index in [-0.39, 0.29) is 5.78 Å². The Labute approximate surface area is 112 Å². The van der Waals surface area contributed by atoms with Crippen molar-refractivity contribution in [3.63, 3.8) is 0 Å². The van der Waals surface area contributed by atoms with Crippen molar-refractivity contribution in [3.8, 4) is 0 Å². The van der Waals surface area contributed by atoms with Crippen molar-refractivity contribution >= 4 is 30.0 Å². The number of hydrogen-bond donors (Lipinski definition) is 1. The number of rotatable bonds is 1. The van der Waals surface area contributed by atoms with Gasteiger partial charge in [0, 0.05) is 15.5 Å². The molecule has 0 bridgehead atoms. The lowest BCUT2D eigenvalue weighted by atomic mass is 10.2. The highest BCUT2D eigenvalue weighted by Crippen LogP contribution is 2.10. The summed E-state index contributed by atoms with van der Waals surface area (Å²) >= 11 is 9.72. The topological polar surface area (TPSA) is 17.1 Å². The van der Waals surface area contributed by atoms with Gasteiger partial charge in [-0.05, 0) is 31.2 Å². The Morgan fingerprint density at radius 2 is 1.71 bits per heavy atom. The summed E-state index contributed by atoms with van der Waals surface area (Å²) in [6, 6.07) is 16.7. The predicted octanol–water partition coefficient (Wildman–Crippen LogP) is 4.52. The first kappa shape index (κ1) is 13.8. The third-order valence-electron chi connectivity index (χ3n) is 1.99. The van der Waals surface area contributed by atoms with Gasteiger partial charge in [-0.25, -0.2) is 0 Å². The van der Waals surface area contributed by atoms with Crippen LogP contribution in [-0.4, -0.2) is 5.78 Å². The molecule has 2 aromatic carbocycles. The second-order valence-corrected chi connectivity index (χ2v) is 4.35.